The molecule has 1 heterocycles. The standard InChI is InChI=1S/C23H29F2N5O2.HI/c1-16-29-18-7-4-5-8-19(18)30(16)14-6-12-27-23(26-2)28-13-11-17-9-10-20(31-3)21(15-17)32-22(24)25;/h4-5,7-10,15,22H,6,11-14H2,1-3H3,(H2,26,27,28);1H. The molecule has 0 aliphatic rings. The molecule has 0 radical (unpaired) electrons. The number of ether oxygens (including phenoxy) is 2. The second-order valence-electron chi connectivity index (χ2n) is 7.19. The lowest BCUT2D eigenvalue weighted by atomic mass is 10.1. The maximum absolute atomic E-state index is 12.6. The van der Waals surface area contributed by atoms with E-state index in [1.165, 1.54) is 7.11 Å². The quantitative estimate of drug-likeness (QED) is 0.163. The molecule has 0 unspecified atom stereocenters. The average molecular weight is 573 g/mol. The van der Waals surface area contributed by atoms with E-state index in [2.05, 4.69) is 36.0 Å². The van der Waals surface area contributed by atoms with Gasteiger partial charge in [0, 0.05) is 26.7 Å². The van der Waals surface area contributed by atoms with Crippen molar-refractivity contribution in [2.45, 2.75) is 32.9 Å². The van der Waals surface area contributed by atoms with Gasteiger partial charge < -0.3 is 24.7 Å². The van der Waals surface area contributed by atoms with E-state index in [4.69, 9.17) is 4.74 Å². The lowest BCUT2D eigenvalue weighted by Gasteiger charge is -2.14. The fraction of sp³-hybridized carbons (Fsp3) is 0.391. The monoisotopic (exact) mass is 573 g/mol. The molecule has 10 heteroatoms. The predicted molar refractivity (Wildman–Crippen MR) is 137 cm³/mol. The number of imidazole rings is 1. The topological polar surface area (TPSA) is 72.7 Å². The number of nitrogens with zero attached hydrogens (tertiary/aromatic N) is 3. The van der Waals surface area contributed by atoms with Gasteiger partial charge in [0.15, 0.2) is 17.5 Å². The molecule has 0 spiro atoms. The second-order valence-corrected chi connectivity index (χ2v) is 7.19. The number of halogens is 3. The molecule has 1 aromatic heterocycles. The van der Waals surface area contributed by atoms with Crippen LogP contribution in [0.15, 0.2) is 47.5 Å². The van der Waals surface area contributed by atoms with E-state index in [1.54, 1.807) is 19.2 Å². The van der Waals surface area contributed by atoms with Crippen molar-refractivity contribution in [2.24, 2.45) is 4.99 Å². The molecule has 33 heavy (non-hydrogen) atoms. The summed E-state index contributed by atoms with van der Waals surface area (Å²) < 4.78 is 37.0. The van der Waals surface area contributed by atoms with Gasteiger partial charge in [0.1, 0.15) is 5.82 Å². The number of rotatable bonds is 10. The maximum Gasteiger partial charge on any atom is 0.387 e. The van der Waals surface area contributed by atoms with Gasteiger partial charge in [0.25, 0.3) is 0 Å². The second kappa shape index (κ2) is 13.2. The molecule has 3 rings (SSSR count). The van der Waals surface area contributed by atoms with E-state index in [-0.39, 0.29) is 35.5 Å². The van der Waals surface area contributed by atoms with Crippen molar-refractivity contribution in [1.82, 2.24) is 20.2 Å². The number of aromatic nitrogens is 2. The normalized spacial score (nSPS) is 11.4. The zero-order chi connectivity index (χ0) is 22.9. The van der Waals surface area contributed by atoms with Crippen LogP contribution in [0.25, 0.3) is 11.0 Å². The van der Waals surface area contributed by atoms with E-state index < -0.39 is 6.61 Å². The van der Waals surface area contributed by atoms with Gasteiger partial charge in [-0.1, -0.05) is 18.2 Å². The summed E-state index contributed by atoms with van der Waals surface area (Å²) in [6.07, 6.45) is 1.53. The van der Waals surface area contributed by atoms with E-state index in [1.807, 2.05) is 31.2 Å². The Bertz CT molecular complexity index is 1060. The average Bonchev–Trinajstić information content (AvgIpc) is 3.10. The van der Waals surface area contributed by atoms with Crippen LogP contribution in [0.4, 0.5) is 8.78 Å². The Labute approximate surface area is 209 Å². The predicted octanol–water partition coefficient (Wildman–Crippen LogP) is 4.37. The van der Waals surface area contributed by atoms with Crippen LogP contribution in [0.2, 0.25) is 0 Å². The van der Waals surface area contributed by atoms with E-state index in [0.717, 1.165) is 41.9 Å². The van der Waals surface area contributed by atoms with Crippen molar-refractivity contribution in [1.29, 1.82) is 0 Å². The summed E-state index contributed by atoms with van der Waals surface area (Å²) in [6.45, 7) is 1.32. The first-order chi connectivity index (χ1) is 15.5. The van der Waals surface area contributed by atoms with Crippen molar-refractivity contribution in [3.8, 4) is 11.5 Å². The number of hydrogen-bond donors (Lipinski definition) is 2. The number of fused-ring (bicyclic) bond motifs is 1. The summed E-state index contributed by atoms with van der Waals surface area (Å²) >= 11 is 0. The van der Waals surface area contributed by atoms with Gasteiger partial charge in [-0.25, -0.2) is 4.98 Å². The number of benzene rings is 2. The number of guanidine groups is 1. The first-order valence-corrected chi connectivity index (χ1v) is 10.5. The number of nitrogens with one attached hydrogen (secondary N) is 2. The number of aryl methyl sites for hydroxylation is 2. The molecule has 0 bridgehead atoms. The number of hydrogen-bond acceptors (Lipinski definition) is 4. The van der Waals surface area contributed by atoms with Crippen molar-refractivity contribution in [3.63, 3.8) is 0 Å². The summed E-state index contributed by atoms with van der Waals surface area (Å²) in [5, 5.41) is 6.54. The van der Waals surface area contributed by atoms with Crippen LogP contribution in [-0.2, 0) is 13.0 Å². The van der Waals surface area contributed by atoms with Crippen molar-refractivity contribution in [2.75, 3.05) is 27.2 Å². The highest BCUT2D eigenvalue weighted by atomic mass is 127. The van der Waals surface area contributed by atoms with E-state index >= 15 is 0 Å². The van der Waals surface area contributed by atoms with Gasteiger partial charge in [0.05, 0.1) is 18.1 Å². The smallest absolute Gasteiger partial charge is 0.387 e. The fourth-order valence-electron chi connectivity index (χ4n) is 3.53. The summed E-state index contributed by atoms with van der Waals surface area (Å²) in [5.74, 6) is 2.00. The zero-order valence-corrected chi connectivity index (χ0v) is 21.3. The highest BCUT2D eigenvalue weighted by molar-refractivity contribution is 14.0. The molecule has 7 nitrogen and oxygen atoms in total. The number of alkyl halides is 2. The number of para-hydroxylation sites is 2. The Kier molecular flexibility index (Phi) is 10.6. The molecule has 3 aromatic rings. The summed E-state index contributed by atoms with van der Waals surface area (Å²) in [5.41, 5.74) is 3.00. The fourth-order valence-corrected chi connectivity index (χ4v) is 3.53. The van der Waals surface area contributed by atoms with Crippen LogP contribution in [-0.4, -0.2) is 49.4 Å². The Morgan fingerprint density at radius 1 is 1.12 bits per heavy atom. The van der Waals surface area contributed by atoms with Crippen LogP contribution < -0.4 is 20.1 Å². The van der Waals surface area contributed by atoms with Crippen LogP contribution in [0.5, 0.6) is 11.5 Å². The molecular formula is C23H30F2IN5O2. The zero-order valence-electron chi connectivity index (χ0n) is 19.0. The van der Waals surface area contributed by atoms with Gasteiger partial charge in [-0.05, 0) is 49.6 Å². The Hall–Kier alpha value is -2.63. The molecule has 0 saturated heterocycles. The van der Waals surface area contributed by atoms with Crippen LogP contribution >= 0.6 is 24.0 Å². The molecule has 180 valence electrons. The third-order valence-corrected chi connectivity index (χ3v) is 5.07. The number of aliphatic imine (C=N–C) groups is 1. The van der Waals surface area contributed by atoms with Gasteiger partial charge in [0.2, 0.25) is 0 Å². The summed E-state index contributed by atoms with van der Waals surface area (Å²) in [7, 11) is 3.13. The molecule has 0 atom stereocenters. The highest BCUT2D eigenvalue weighted by Gasteiger charge is 2.11. The van der Waals surface area contributed by atoms with Crippen molar-refractivity contribution in [3.05, 3.63) is 53.9 Å². The molecule has 0 fully saturated rings. The van der Waals surface area contributed by atoms with Gasteiger partial charge in [-0.3, -0.25) is 4.99 Å². The SMILES string of the molecule is CN=C(NCCCn1c(C)nc2ccccc21)NCCc1ccc(OC)c(OC(F)F)c1.I. The molecule has 0 aliphatic carbocycles. The lowest BCUT2D eigenvalue weighted by Crippen LogP contribution is -2.39. The third kappa shape index (κ3) is 7.44. The minimum Gasteiger partial charge on any atom is -0.493 e. The Morgan fingerprint density at radius 2 is 1.88 bits per heavy atom. The maximum atomic E-state index is 12.6. The Balaban J connectivity index is 0.00000385. The third-order valence-electron chi connectivity index (χ3n) is 5.07. The first kappa shape index (κ1) is 26.6. The van der Waals surface area contributed by atoms with Crippen LogP contribution in [0, 0.1) is 6.92 Å². The molecule has 0 saturated carbocycles. The molecule has 0 aliphatic heterocycles. The Morgan fingerprint density at radius 3 is 2.61 bits per heavy atom. The molecule has 2 N–H and O–H groups in total. The minimum atomic E-state index is -2.90. The number of methoxy groups -OCH3 is 1. The summed E-state index contributed by atoms with van der Waals surface area (Å²) in [6, 6.07) is 13.1. The first-order valence-electron chi connectivity index (χ1n) is 10.5. The van der Waals surface area contributed by atoms with E-state index in [0.29, 0.717) is 18.9 Å². The molecule has 2 aromatic carbocycles. The van der Waals surface area contributed by atoms with Crippen molar-refractivity contribution < 1.29 is 18.3 Å². The van der Waals surface area contributed by atoms with Gasteiger partial charge in [-0.2, -0.15) is 8.78 Å². The van der Waals surface area contributed by atoms with Crippen LogP contribution in [0.1, 0.15) is 17.8 Å². The van der Waals surface area contributed by atoms with Gasteiger partial charge in [-0.15, -0.1) is 24.0 Å². The molecule has 0 amide bonds. The lowest BCUT2D eigenvalue weighted by molar-refractivity contribution is -0.0512. The highest BCUT2D eigenvalue weighted by Crippen LogP contribution is 2.29. The van der Waals surface area contributed by atoms with Crippen molar-refractivity contribution >= 4 is 41.0 Å². The van der Waals surface area contributed by atoms with Gasteiger partial charge >= 0.3 is 6.61 Å². The largest absolute Gasteiger partial charge is 0.493 e. The van der Waals surface area contributed by atoms with Crippen LogP contribution in [0.3, 0.4) is 0 Å². The minimum absolute atomic E-state index is 0. The molecular weight excluding hydrogens is 543 g/mol. The summed E-state index contributed by atoms with van der Waals surface area (Å²) in [4.78, 5) is 8.83. The van der Waals surface area contributed by atoms with E-state index in [9.17, 15) is 8.78 Å².